The van der Waals surface area contributed by atoms with E-state index < -0.39 is 0 Å². The summed E-state index contributed by atoms with van der Waals surface area (Å²) in [6.45, 7) is 8.46. The van der Waals surface area contributed by atoms with E-state index in [0.29, 0.717) is 16.2 Å². The fourth-order valence-corrected chi connectivity index (χ4v) is 2.85. The van der Waals surface area contributed by atoms with Crippen LogP contribution in [0.5, 0.6) is 5.75 Å². The lowest BCUT2D eigenvalue weighted by molar-refractivity contribution is 0.393. The van der Waals surface area contributed by atoms with Gasteiger partial charge in [0, 0.05) is 5.02 Å². The quantitative estimate of drug-likeness (QED) is 0.742. The van der Waals surface area contributed by atoms with Crippen LogP contribution in [0.1, 0.15) is 31.9 Å². The lowest BCUT2D eigenvalue weighted by Gasteiger charge is -2.20. The zero-order valence-electron chi connectivity index (χ0n) is 13.8. The topological polar surface area (TPSA) is 50.9 Å². The number of rotatable bonds is 2. The third-order valence-corrected chi connectivity index (χ3v) is 3.83. The molecule has 0 aliphatic carbocycles. The van der Waals surface area contributed by atoms with E-state index >= 15 is 0 Å². The predicted octanol–water partition coefficient (Wildman–Crippen LogP) is 4.68. The molecule has 0 bridgehead atoms. The molecule has 3 aromatic rings. The number of nitrogens with zero attached hydrogens (tertiary/aromatic N) is 3. The highest BCUT2D eigenvalue weighted by Crippen LogP contribution is 2.32. The Balaban J connectivity index is 2.14. The van der Waals surface area contributed by atoms with Gasteiger partial charge in [0.25, 0.3) is 0 Å². The smallest absolute Gasteiger partial charge is 0.146 e. The zero-order chi connectivity index (χ0) is 16.8. The lowest BCUT2D eigenvalue weighted by Crippen LogP contribution is -2.11. The molecule has 0 fully saturated rings. The fraction of sp³-hybridized carbons (Fsp3) is 0.333. The van der Waals surface area contributed by atoms with Crippen molar-refractivity contribution in [3.8, 4) is 11.4 Å². The summed E-state index contributed by atoms with van der Waals surface area (Å²) in [5.74, 6) is 0.233. The van der Waals surface area contributed by atoms with Gasteiger partial charge in [-0.2, -0.15) is 0 Å². The molecule has 0 radical (unpaired) electrons. The Bertz CT molecular complexity index is 878. The molecule has 5 heteroatoms. The number of aryl methyl sites for hydroxylation is 1. The van der Waals surface area contributed by atoms with Gasteiger partial charge in [-0.25, -0.2) is 0 Å². The first kappa shape index (κ1) is 15.8. The Kier molecular flexibility index (Phi) is 3.80. The van der Waals surface area contributed by atoms with Gasteiger partial charge in [-0.15, -0.1) is 15.0 Å². The van der Waals surface area contributed by atoms with Crippen molar-refractivity contribution < 1.29 is 5.11 Å². The summed E-state index contributed by atoms with van der Waals surface area (Å²) in [5.41, 5.74) is 4.10. The summed E-state index contributed by atoms with van der Waals surface area (Å²) in [6, 6.07) is 9.28. The van der Waals surface area contributed by atoms with Gasteiger partial charge in [0.1, 0.15) is 22.5 Å². The van der Waals surface area contributed by atoms with Crippen molar-refractivity contribution >= 4 is 22.6 Å². The highest BCUT2D eigenvalue weighted by atomic mass is 35.5. The number of phenols is 1. The van der Waals surface area contributed by atoms with E-state index in [1.54, 1.807) is 12.1 Å². The van der Waals surface area contributed by atoms with Crippen molar-refractivity contribution in [3.05, 3.63) is 46.5 Å². The van der Waals surface area contributed by atoms with Crippen LogP contribution in [0.15, 0.2) is 30.3 Å². The monoisotopic (exact) mass is 329 g/mol. The molecule has 4 nitrogen and oxygen atoms in total. The number of hydrogen-bond acceptors (Lipinski definition) is 3. The van der Waals surface area contributed by atoms with Gasteiger partial charge in [0.05, 0.1) is 0 Å². The van der Waals surface area contributed by atoms with Crippen molar-refractivity contribution in [2.45, 2.75) is 34.1 Å². The van der Waals surface area contributed by atoms with E-state index in [4.69, 9.17) is 11.6 Å². The summed E-state index contributed by atoms with van der Waals surface area (Å²) in [7, 11) is 0. The highest BCUT2D eigenvalue weighted by molar-refractivity contribution is 6.31. The molecule has 0 spiro atoms. The second kappa shape index (κ2) is 5.53. The average Bonchev–Trinajstić information content (AvgIpc) is 2.83. The maximum absolute atomic E-state index is 10.7. The van der Waals surface area contributed by atoms with Crippen LogP contribution in [0.4, 0.5) is 0 Å². The van der Waals surface area contributed by atoms with Gasteiger partial charge < -0.3 is 5.11 Å². The molecule has 23 heavy (non-hydrogen) atoms. The van der Waals surface area contributed by atoms with E-state index in [2.05, 4.69) is 31.0 Å². The first-order valence-corrected chi connectivity index (χ1v) is 7.96. The molecule has 1 heterocycles. The number of benzene rings is 2. The Hall–Kier alpha value is -2.07. The van der Waals surface area contributed by atoms with Crippen molar-refractivity contribution in [2.75, 3.05) is 0 Å². The molecular formula is C18H20ClN3O. The van der Waals surface area contributed by atoms with Gasteiger partial charge in [-0.1, -0.05) is 38.4 Å². The highest BCUT2D eigenvalue weighted by Gasteiger charge is 2.18. The number of fused-ring (bicyclic) bond motifs is 1. The third kappa shape index (κ3) is 3.32. The van der Waals surface area contributed by atoms with Gasteiger partial charge in [0.2, 0.25) is 0 Å². The number of phenolic OH excluding ortho intramolecular Hbond substituents is 1. The molecule has 0 amide bonds. The molecule has 0 aliphatic rings. The standard InChI is InChI=1S/C18H20ClN3O/c1-11-7-12(10-18(2,3)4)17(23)16(8-11)22-20-14-6-5-13(19)9-15(14)21-22/h5-9,23H,10H2,1-4H3. The molecule has 0 saturated heterocycles. The average molecular weight is 330 g/mol. The van der Waals surface area contributed by atoms with E-state index in [0.717, 1.165) is 23.1 Å². The first-order valence-electron chi connectivity index (χ1n) is 7.58. The normalized spacial score (nSPS) is 12.0. The molecule has 1 aromatic heterocycles. The molecule has 1 N–H and O–H groups in total. The Labute approximate surface area is 140 Å². The minimum atomic E-state index is 0.0817. The van der Waals surface area contributed by atoms with E-state index in [9.17, 15) is 5.11 Å². The van der Waals surface area contributed by atoms with Crippen molar-refractivity contribution in [1.29, 1.82) is 0 Å². The van der Waals surface area contributed by atoms with Crippen LogP contribution in [-0.2, 0) is 6.42 Å². The molecule has 0 aliphatic heterocycles. The van der Waals surface area contributed by atoms with Gasteiger partial charge in [0.15, 0.2) is 0 Å². The third-order valence-electron chi connectivity index (χ3n) is 3.59. The second-order valence-electron chi connectivity index (χ2n) is 7.15. The van der Waals surface area contributed by atoms with E-state index in [1.807, 2.05) is 25.1 Å². The number of aromatic hydroxyl groups is 1. The first-order chi connectivity index (χ1) is 10.7. The lowest BCUT2D eigenvalue weighted by atomic mass is 9.87. The predicted molar refractivity (Wildman–Crippen MR) is 93.4 cm³/mol. The minimum Gasteiger partial charge on any atom is -0.505 e. The molecule has 3 rings (SSSR count). The van der Waals surface area contributed by atoms with Crippen LogP contribution in [0.2, 0.25) is 5.02 Å². The maximum Gasteiger partial charge on any atom is 0.146 e. The number of hydrogen-bond donors (Lipinski definition) is 1. The van der Waals surface area contributed by atoms with Crippen LogP contribution >= 0.6 is 11.6 Å². The fourth-order valence-electron chi connectivity index (χ4n) is 2.69. The minimum absolute atomic E-state index is 0.0817. The maximum atomic E-state index is 10.7. The van der Waals surface area contributed by atoms with Crippen LogP contribution in [0.3, 0.4) is 0 Å². The van der Waals surface area contributed by atoms with Crippen LogP contribution in [0, 0.1) is 12.3 Å². The van der Waals surface area contributed by atoms with Gasteiger partial charge >= 0.3 is 0 Å². The summed E-state index contributed by atoms with van der Waals surface area (Å²) < 4.78 is 0. The molecular weight excluding hydrogens is 310 g/mol. The van der Waals surface area contributed by atoms with Gasteiger partial charge in [-0.05, 0) is 54.2 Å². The number of halogens is 1. The summed E-state index contributed by atoms with van der Waals surface area (Å²) in [6.07, 6.45) is 0.778. The van der Waals surface area contributed by atoms with E-state index in [1.165, 1.54) is 4.80 Å². The molecule has 0 saturated carbocycles. The summed E-state index contributed by atoms with van der Waals surface area (Å²) in [5, 5.41) is 20.2. The zero-order valence-corrected chi connectivity index (χ0v) is 14.5. The molecule has 2 aromatic carbocycles. The van der Waals surface area contributed by atoms with E-state index in [-0.39, 0.29) is 11.2 Å². The second-order valence-corrected chi connectivity index (χ2v) is 7.59. The Morgan fingerprint density at radius 1 is 1.09 bits per heavy atom. The van der Waals surface area contributed by atoms with Crippen molar-refractivity contribution in [2.24, 2.45) is 5.41 Å². The van der Waals surface area contributed by atoms with Crippen LogP contribution in [-0.4, -0.2) is 20.1 Å². The van der Waals surface area contributed by atoms with Crippen LogP contribution in [0.25, 0.3) is 16.7 Å². The Morgan fingerprint density at radius 2 is 1.78 bits per heavy atom. The summed E-state index contributed by atoms with van der Waals surface area (Å²) in [4.78, 5) is 1.48. The molecule has 0 unspecified atom stereocenters. The van der Waals surface area contributed by atoms with Crippen molar-refractivity contribution in [1.82, 2.24) is 15.0 Å². The summed E-state index contributed by atoms with van der Waals surface area (Å²) >= 11 is 6.00. The number of aromatic nitrogens is 3. The SMILES string of the molecule is Cc1cc(CC(C)(C)C)c(O)c(-n2nc3ccc(Cl)cc3n2)c1. The largest absolute Gasteiger partial charge is 0.505 e. The van der Waals surface area contributed by atoms with Crippen LogP contribution < -0.4 is 0 Å². The molecule has 0 atom stereocenters. The van der Waals surface area contributed by atoms with Gasteiger partial charge in [-0.3, -0.25) is 0 Å². The molecule has 120 valence electrons. The van der Waals surface area contributed by atoms with Crippen molar-refractivity contribution in [3.63, 3.8) is 0 Å². The Morgan fingerprint density at radius 3 is 2.48 bits per heavy atom.